The van der Waals surface area contributed by atoms with Crippen LogP contribution >= 0.6 is 0 Å². The molecule has 0 aromatic carbocycles. The number of sulfone groups is 1. The number of hydrogen-bond acceptors (Lipinski definition) is 5. The van der Waals surface area contributed by atoms with Crippen molar-refractivity contribution in [3.63, 3.8) is 0 Å². The van der Waals surface area contributed by atoms with Crippen LogP contribution in [-0.4, -0.2) is 23.8 Å². The Labute approximate surface area is 121 Å². The number of nitrogens with one attached hydrogen (secondary N) is 1. The van der Waals surface area contributed by atoms with Crippen molar-refractivity contribution in [1.82, 2.24) is 15.3 Å². The second-order valence-electron chi connectivity index (χ2n) is 5.51. The van der Waals surface area contributed by atoms with E-state index in [-0.39, 0.29) is 11.4 Å². The summed E-state index contributed by atoms with van der Waals surface area (Å²) in [6.45, 7) is 5.86. The molecule has 0 saturated heterocycles. The molecule has 1 aliphatic rings. The van der Waals surface area contributed by atoms with Crippen molar-refractivity contribution in [2.24, 2.45) is 7.05 Å². The van der Waals surface area contributed by atoms with Crippen molar-refractivity contribution in [2.45, 2.75) is 38.6 Å². The van der Waals surface area contributed by atoms with Gasteiger partial charge in [-0.25, -0.2) is 8.42 Å². The number of rotatable bonds is 3. The molecule has 118 valence electrons. The average Bonchev–Trinajstić information content (AvgIpc) is 2.80. The quantitative estimate of drug-likeness (QED) is 0.916. The Morgan fingerprint density at radius 2 is 1.95 bits per heavy atom. The van der Waals surface area contributed by atoms with Crippen LogP contribution in [-0.2, 0) is 27.0 Å². The molecule has 0 bridgehead atoms. The van der Waals surface area contributed by atoms with E-state index in [1.165, 1.54) is 25.6 Å². The van der Waals surface area contributed by atoms with Crippen LogP contribution in [0.25, 0.3) is 0 Å². The van der Waals surface area contributed by atoms with Gasteiger partial charge in [-0.3, -0.25) is 15.0 Å². The van der Waals surface area contributed by atoms with Crippen LogP contribution in [0.5, 0.6) is 0 Å². The topological polar surface area (TPSA) is 73.2 Å². The van der Waals surface area contributed by atoms with Crippen molar-refractivity contribution in [3.05, 3.63) is 28.1 Å². The lowest BCUT2D eigenvalue weighted by atomic mass is 10.1. The summed E-state index contributed by atoms with van der Waals surface area (Å²) in [5.74, 6) is 0. The Morgan fingerprint density at radius 1 is 1.38 bits per heavy atom. The van der Waals surface area contributed by atoms with Gasteiger partial charge in [0.1, 0.15) is 5.60 Å². The predicted octanol–water partition coefficient (Wildman–Crippen LogP) is 1.66. The number of hydrogen-bond donors (Lipinski definition) is 1. The molecule has 21 heavy (non-hydrogen) atoms. The third-order valence-corrected chi connectivity index (χ3v) is 4.98. The van der Waals surface area contributed by atoms with Gasteiger partial charge in [-0.1, -0.05) is 0 Å². The monoisotopic (exact) mass is 321 g/mol. The minimum absolute atomic E-state index is 0.0256. The largest absolute Gasteiger partial charge is 0.380 e. The normalized spacial score (nSPS) is 18.5. The second-order valence-corrected chi connectivity index (χ2v) is 7.47. The van der Waals surface area contributed by atoms with Crippen LogP contribution in [0, 0.1) is 13.8 Å². The zero-order chi connectivity index (χ0) is 16.2. The lowest BCUT2D eigenvalue weighted by molar-refractivity contribution is -0.0136. The molecule has 0 radical (unpaired) electrons. The van der Waals surface area contributed by atoms with Gasteiger partial charge in [-0.05, 0) is 33.8 Å². The minimum Gasteiger partial charge on any atom is -0.272 e. The van der Waals surface area contributed by atoms with Crippen LogP contribution in [0.2, 0.25) is 0 Å². The molecule has 0 atom stereocenters. The molecule has 2 heterocycles. The highest BCUT2D eigenvalue weighted by Gasteiger charge is 2.54. The summed E-state index contributed by atoms with van der Waals surface area (Å²) < 4.78 is 54.9. The van der Waals surface area contributed by atoms with E-state index in [2.05, 4.69) is 10.6 Å². The van der Waals surface area contributed by atoms with E-state index in [1.54, 1.807) is 13.8 Å². The molecule has 2 rings (SSSR count). The maximum atomic E-state index is 14.6. The van der Waals surface area contributed by atoms with Crippen LogP contribution in [0.4, 0.5) is 8.78 Å². The second kappa shape index (κ2) is 4.51. The Kier molecular flexibility index (Phi) is 3.41. The first-order valence-electron chi connectivity index (χ1n) is 6.20. The van der Waals surface area contributed by atoms with Gasteiger partial charge in [0.2, 0.25) is 0 Å². The number of alkyl halides is 2. The summed E-state index contributed by atoms with van der Waals surface area (Å²) in [6, 6.07) is 0. The number of nitrogens with zero attached hydrogens (tertiary/aromatic N) is 2. The first kappa shape index (κ1) is 15.9. The van der Waals surface area contributed by atoms with E-state index in [9.17, 15) is 17.2 Å². The molecule has 1 N–H and O–H groups in total. The van der Waals surface area contributed by atoms with Crippen molar-refractivity contribution in [3.8, 4) is 0 Å². The van der Waals surface area contributed by atoms with Gasteiger partial charge in [0.15, 0.2) is 5.03 Å². The van der Waals surface area contributed by atoms with Crippen LogP contribution in [0.15, 0.2) is 11.1 Å². The molecule has 9 heteroatoms. The molecule has 1 aromatic rings. The van der Waals surface area contributed by atoms with Crippen molar-refractivity contribution in [1.29, 1.82) is 0 Å². The van der Waals surface area contributed by atoms with Gasteiger partial charge in [0, 0.05) is 12.7 Å². The summed E-state index contributed by atoms with van der Waals surface area (Å²) in [5, 5.41) is -0.891. The van der Waals surface area contributed by atoms with Crippen LogP contribution in [0.3, 0.4) is 0 Å². The van der Waals surface area contributed by atoms with E-state index in [0.717, 1.165) is 6.08 Å². The molecule has 0 fully saturated rings. The summed E-state index contributed by atoms with van der Waals surface area (Å²) in [7, 11) is -3.48. The number of aryl methyl sites for hydroxylation is 2. The molecule has 1 aliphatic heterocycles. The molecule has 0 spiro atoms. The van der Waals surface area contributed by atoms with Gasteiger partial charge < -0.3 is 0 Å². The highest BCUT2D eigenvalue weighted by Crippen LogP contribution is 2.42. The minimum atomic E-state index is -4.96. The lowest BCUT2D eigenvalue weighted by Crippen LogP contribution is -2.32. The molecular weight excluding hydrogens is 304 g/mol. The number of halogens is 2. The SMILES string of the molecule is Cc1nn(C)c(C)c1C(F)(F)S(=O)(=O)C1=CC(C)(C)ON1. The molecule has 1 aromatic heterocycles. The number of aromatic nitrogens is 2. The van der Waals surface area contributed by atoms with E-state index in [1.807, 2.05) is 0 Å². The molecule has 0 amide bonds. The van der Waals surface area contributed by atoms with Gasteiger partial charge in [-0.2, -0.15) is 13.9 Å². The van der Waals surface area contributed by atoms with E-state index in [0.29, 0.717) is 0 Å². The molecule has 0 aliphatic carbocycles. The Balaban J connectivity index is 2.58. The molecule has 0 unspecified atom stereocenters. The van der Waals surface area contributed by atoms with Crippen LogP contribution < -0.4 is 5.48 Å². The maximum absolute atomic E-state index is 14.6. The Morgan fingerprint density at radius 3 is 2.33 bits per heavy atom. The summed E-state index contributed by atoms with van der Waals surface area (Å²) in [5.41, 5.74) is 0.572. The number of hydroxylamine groups is 1. The average molecular weight is 321 g/mol. The fourth-order valence-corrected chi connectivity index (χ4v) is 3.59. The maximum Gasteiger partial charge on any atom is 0.380 e. The Hall–Kier alpha value is -1.48. The third-order valence-electron chi connectivity index (χ3n) is 3.32. The summed E-state index contributed by atoms with van der Waals surface area (Å²) in [6.07, 6.45) is 1.12. The Bertz CT molecular complexity index is 720. The van der Waals surface area contributed by atoms with E-state index in [4.69, 9.17) is 4.84 Å². The highest BCUT2D eigenvalue weighted by molar-refractivity contribution is 7.95. The molecular formula is C12H17F2N3O3S. The first-order valence-corrected chi connectivity index (χ1v) is 7.68. The zero-order valence-electron chi connectivity index (χ0n) is 12.4. The summed E-state index contributed by atoms with van der Waals surface area (Å²) >= 11 is 0. The molecule has 6 nitrogen and oxygen atoms in total. The first-order chi connectivity index (χ1) is 9.40. The summed E-state index contributed by atoms with van der Waals surface area (Å²) in [4.78, 5) is 4.96. The van der Waals surface area contributed by atoms with Crippen molar-refractivity contribution < 1.29 is 22.0 Å². The predicted molar refractivity (Wildman–Crippen MR) is 71.9 cm³/mol. The highest BCUT2D eigenvalue weighted by atomic mass is 32.2. The fourth-order valence-electron chi connectivity index (χ4n) is 2.16. The van der Waals surface area contributed by atoms with Crippen LogP contribution in [0.1, 0.15) is 30.8 Å². The van der Waals surface area contributed by atoms with Crippen molar-refractivity contribution in [2.75, 3.05) is 0 Å². The van der Waals surface area contributed by atoms with Gasteiger partial charge in [-0.15, -0.1) is 0 Å². The standard InChI is InChI=1S/C12H17F2N3O3S/c1-7-10(8(2)17(5)15-7)12(13,14)21(18,19)9-6-11(3,4)20-16-9/h6,16H,1-5H3. The van der Waals surface area contributed by atoms with E-state index >= 15 is 0 Å². The van der Waals surface area contributed by atoms with Gasteiger partial charge in [0.25, 0.3) is 9.84 Å². The van der Waals surface area contributed by atoms with Crippen molar-refractivity contribution >= 4 is 9.84 Å². The molecule has 0 saturated carbocycles. The smallest absolute Gasteiger partial charge is 0.272 e. The zero-order valence-corrected chi connectivity index (χ0v) is 13.2. The lowest BCUT2D eigenvalue weighted by Gasteiger charge is -2.18. The third kappa shape index (κ3) is 2.34. The van der Waals surface area contributed by atoms with Gasteiger partial charge >= 0.3 is 5.25 Å². The van der Waals surface area contributed by atoms with E-state index < -0.39 is 31.3 Å². The fraction of sp³-hybridized carbons (Fsp3) is 0.583. The van der Waals surface area contributed by atoms with Gasteiger partial charge in [0.05, 0.1) is 11.3 Å².